The first-order valence-corrected chi connectivity index (χ1v) is 12.6. The van der Waals surface area contributed by atoms with E-state index in [2.05, 4.69) is 11.8 Å². The number of benzene rings is 2. The average molecular weight is 431 g/mol. The third kappa shape index (κ3) is 5.76. The lowest BCUT2D eigenvalue weighted by Gasteiger charge is -2.31. The third-order valence-electron chi connectivity index (χ3n) is 5.82. The minimum atomic E-state index is -4.36. The summed E-state index contributed by atoms with van der Waals surface area (Å²) in [6, 6.07) is 17.5. The highest BCUT2D eigenvalue weighted by Crippen LogP contribution is 2.43. The van der Waals surface area contributed by atoms with Crippen LogP contribution in [0.25, 0.3) is 0 Å². The van der Waals surface area contributed by atoms with Gasteiger partial charge in [0.1, 0.15) is 6.17 Å². The van der Waals surface area contributed by atoms with Gasteiger partial charge in [0.2, 0.25) is 0 Å². The number of nitrogens with zero attached hydrogens (tertiary/aromatic N) is 2. The number of unbranched alkanes of at least 4 members (excludes halogenated alkanes) is 7. The lowest BCUT2D eigenvalue weighted by atomic mass is 10.1. The largest absolute Gasteiger partial charge is 0.361 e. The van der Waals surface area contributed by atoms with E-state index in [0.29, 0.717) is 18.7 Å². The fraction of sp³-hybridized carbons (Fsp3) is 0.500. The number of anilines is 2. The van der Waals surface area contributed by atoms with E-state index in [0.717, 1.165) is 24.1 Å². The molecule has 1 aliphatic rings. The number of para-hydroxylation sites is 2. The molecule has 1 aliphatic heterocycles. The quantitative estimate of drug-likeness (QED) is 0.323. The van der Waals surface area contributed by atoms with Crippen molar-refractivity contribution in [3.8, 4) is 0 Å². The van der Waals surface area contributed by atoms with Crippen LogP contribution in [0.4, 0.5) is 11.4 Å². The van der Waals surface area contributed by atoms with Crippen LogP contribution < -0.4 is 9.21 Å². The summed E-state index contributed by atoms with van der Waals surface area (Å²) in [5.41, 5.74) is 2.52. The molecule has 0 fully saturated rings. The van der Waals surface area contributed by atoms with Gasteiger partial charge in [-0.2, -0.15) is 8.42 Å². The molecule has 0 radical (unpaired) electrons. The topological polar surface area (TPSA) is 60.9 Å². The first-order chi connectivity index (χ1) is 14.5. The van der Waals surface area contributed by atoms with Gasteiger partial charge >= 0.3 is 10.3 Å². The van der Waals surface area contributed by atoms with Crippen molar-refractivity contribution in [3.63, 3.8) is 0 Å². The van der Waals surface area contributed by atoms with Crippen LogP contribution >= 0.6 is 0 Å². The summed E-state index contributed by atoms with van der Waals surface area (Å²) in [6.07, 6.45) is 9.85. The SMILES string of the molecule is CCCCCCCCCCC1N(Cc2ccccc2)c2ccccc2N1S(=O)(=O)O. The lowest BCUT2D eigenvalue weighted by Crippen LogP contribution is -2.45. The van der Waals surface area contributed by atoms with Gasteiger partial charge in [-0.15, -0.1) is 0 Å². The molecule has 1 heterocycles. The highest BCUT2D eigenvalue weighted by atomic mass is 32.2. The van der Waals surface area contributed by atoms with Crippen LogP contribution in [0, 0.1) is 0 Å². The van der Waals surface area contributed by atoms with Crippen molar-refractivity contribution in [2.45, 2.75) is 77.4 Å². The Labute approximate surface area is 181 Å². The summed E-state index contributed by atoms with van der Waals surface area (Å²) >= 11 is 0. The van der Waals surface area contributed by atoms with Gasteiger partial charge in [-0.25, -0.2) is 4.31 Å². The zero-order valence-corrected chi connectivity index (χ0v) is 18.7. The third-order valence-corrected chi connectivity index (χ3v) is 6.76. The summed E-state index contributed by atoms with van der Waals surface area (Å²) in [5.74, 6) is 0. The van der Waals surface area contributed by atoms with Crippen LogP contribution in [0.1, 0.15) is 70.3 Å². The van der Waals surface area contributed by atoms with Gasteiger partial charge in [0.05, 0.1) is 11.4 Å². The predicted octanol–water partition coefficient (Wildman–Crippen LogP) is 6.17. The molecule has 0 saturated heterocycles. The molecule has 0 bridgehead atoms. The van der Waals surface area contributed by atoms with E-state index in [-0.39, 0.29) is 0 Å². The van der Waals surface area contributed by atoms with E-state index in [1.807, 2.05) is 48.5 Å². The fourth-order valence-electron chi connectivity index (χ4n) is 4.32. The molecule has 5 nitrogen and oxygen atoms in total. The predicted molar refractivity (Wildman–Crippen MR) is 124 cm³/mol. The van der Waals surface area contributed by atoms with Crippen molar-refractivity contribution >= 4 is 21.7 Å². The Morgan fingerprint density at radius 3 is 2.00 bits per heavy atom. The highest BCUT2D eigenvalue weighted by molar-refractivity contribution is 7.87. The lowest BCUT2D eigenvalue weighted by molar-refractivity contribution is 0.456. The molecule has 0 spiro atoms. The Balaban J connectivity index is 1.71. The normalized spacial score (nSPS) is 16.1. The van der Waals surface area contributed by atoms with Crippen LogP contribution in [0.15, 0.2) is 54.6 Å². The van der Waals surface area contributed by atoms with E-state index in [4.69, 9.17) is 0 Å². The molecule has 0 aliphatic carbocycles. The standard InChI is InChI=1S/C24H34N2O3S/c1-2-3-4-5-6-7-8-12-19-24-25(20-21-15-10-9-11-16-21)22-17-13-14-18-23(22)26(24)30(27,28)29/h9-11,13-18,24H,2-8,12,19-20H2,1H3,(H,27,28,29). The van der Waals surface area contributed by atoms with Gasteiger partial charge in [0.15, 0.2) is 0 Å². The number of rotatable bonds is 12. The molecule has 1 atom stereocenters. The Morgan fingerprint density at radius 2 is 1.37 bits per heavy atom. The molecule has 1 unspecified atom stereocenters. The highest BCUT2D eigenvalue weighted by Gasteiger charge is 2.41. The first-order valence-electron chi connectivity index (χ1n) is 11.2. The molecule has 2 aromatic rings. The monoisotopic (exact) mass is 430 g/mol. The minimum absolute atomic E-state index is 0.405. The second kappa shape index (κ2) is 10.8. The Bertz CT molecular complexity index is 886. The maximum Gasteiger partial charge on any atom is 0.361 e. The Morgan fingerprint density at radius 1 is 0.800 bits per heavy atom. The van der Waals surface area contributed by atoms with E-state index in [9.17, 15) is 13.0 Å². The van der Waals surface area contributed by atoms with E-state index in [1.165, 1.54) is 42.8 Å². The van der Waals surface area contributed by atoms with Crippen LogP contribution in [-0.2, 0) is 16.8 Å². The summed E-state index contributed by atoms with van der Waals surface area (Å²) in [5, 5.41) is 0. The Kier molecular flexibility index (Phi) is 8.16. The average Bonchev–Trinajstić information content (AvgIpc) is 3.04. The van der Waals surface area contributed by atoms with Crippen LogP contribution in [0.3, 0.4) is 0 Å². The summed E-state index contributed by atoms with van der Waals surface area (Å²) in [7, 11) is -4.36. The van der Waals surface area contributed by atoms with Gasteiger partial charge in [-0.1, -0.05) is 94.3 Å². The number of fused-ring (bicyclic) bond motifs is 1. The zero-order valence-electron chi connectivity index (χ0n) is 17.9. The van der Waals surface area contributed by atoms with Crippen LogP contribution in [0.2, 0.25) is 0 Å². The molecule has 0 saturated carbocycles. The van der Waals surface area contributed by atoms with Crippen LogP contribution in [0.5, 0.6) is 0 Å². The van der Waals surface area contributed by atoms with Crippen LogP contribution in [-0.4, -0.2) is 19.1 Å². The second-order valence-corrected chi connectivity index (χ2v) is 9.41. The summed E-state index contributed by atoms with van der Waals surface area (Å²) in [4.78, 5) is 2.11. The molecule has 164 valence electrons. The van der Waals surface area contributed by atoms with Crippen molar-refractivity contribution < 1.29 is 13.0 Å². The maximum absolute atomic E-state index is 12.3. The van der Waals surface area contributed by atoms with Gasteiger partial charge in [-0.05, 0) is 30.5 Å². The van der Waals surface area contributed by atoms with Gasteiger partial charge in [-0.3, -0.25) is 4.55 Å². The number of hydrogen-bond donors (Lipinski definition) is 1. The fourth-order valence-corrected chi connectivity index (χ4v) is 5.25. The summed E-state index contributed by atoms with van der Waals surface area (Å²) in [6.45, 7) is 2.83. The summed E-state index contributed by atoms with van der Waals surface area (Å²) < 4.78 is 35.8. The molecule has 3 rings (SSSR count). The van der Waals surface area contributed by atoms with Crippen molar-refractivity contribution in [1.82, 2.24) is 0 Å². The molecule has 6 heteroatoms. The molecular weight excluding hydrogens is 396 g/mol. The molecule has 0 aromatic heterocycles. The van der Waals surface area contributed by atoms with Gasteiger partial charge < -0.3 is 4.90 Å². The zero-order chi connectivity index (χ0) is 21.4. The van der Waals surface area contributed by atoms with Crippen molar-refractivity contribution in [3.05, 3.63) is 60.2 Å². The molecule has 30 heavy (non-hydrogen) atoms. The van der Waals surface area contributed by atoms with Crippen molar-refractivity contribution in [2.75, 3.05) is 9.21 Å². The second-order valence-electron chi connectivity index (χ2n) is 8.12. The van der Waals surface area contributed by atoms with Gasteiger partial charge in [0, 0.05) is 6.54 Å². The smallest absolute Gasteiger partial charge is 0.344 e. The first kappa shape index (κ1) is 22.6. The van der Waals surface area contributed by atoms with E-state index in [1.54, 1.807) is 6.07 Å². The molecular formula is C24H34N2O3S. The van der Waals surface area contributed by atoms with E-state index >= 15 is 0 Å². The molecule has 2 aromatic carbocycles. The van der Waals surface area contributed by atoms with Crippen molar-refractivity contribution in [1.29, 1.82) is 0 Å². The number of hydrogen-bond acceptors (Lipinski definition) is 3. The maximum atomic E-state index is 12.3. The van der Waals surface area contributed by atoms with Gasteiger partial charge in [0.25, 0.3) is 0 Å². The van der Waals surface area contributed by atoms with E-state index < -0.39 is 16.5 Å². The molecule has 1 N–H and O–H groups in total. The minimum Gasteiger partial charge on any atom is -0.344 e. The molecule has 0 amide bonds. The Hall–Kier alpha value is -2.05. The van der Waals surface area contributed by atoms with Crippen molar-refractivity contribution in [2.24, 2.45) is 0 Å².